The summed E-state index contributed by atoms with van der Waals surface area (Å²) in [7, 11) is 0. The number of aromatic nitrogens is 1. The van der Waals surface area contributed by atoms with Crippen LogP contribution >= 0.6 is 0 Å². The maximum Gasteiger partial charge on any atom is 0.141 e. The summed E-state index contributed by atoms with van der Waals surface area (Å²) in [6.45, 7) is 2.18. The molecule has 14 heavy (non-hydrogen) atoms. The molecule has 0 radical (unpaired) electrons. The molecule has 2 nitrogen and oxygen atoms in total. The van der Waals surface area contributed by atoms with E-state index in [2.05, 4.69) is 10.3 Å². The van der Waals surface area contributed by atoms with Gasteiger partial charge in [0.05, 0.1) is 6.20 Å². The van der Waals surface area contributed by atoms with E-state index in [1.54, 1.807) is 12.3 Å². The van der Waals surface area contributed by atoms with Crippen LogP contribution in [0.2, 0.25) is 0 Å². The zero-order valence-corrected chi connectivity index (χ0v) is 8.17. The normalized spacial score (nSPS) is 22.2. The first-order valence-electron chi connectivity index (χ1n) is 5.15. The molecule has 76 valence electrons. The maximum atomic E-state index is 12.8. The number of rotatable bonds is 2. The SMILES string of the molecule is Fc1cncc(CC2CCCNC2)c1. The highest BCUT2D eigenvalue weighted by Gasteiger charge is 2.13. The number of nitrogens with one attached hydrogen (secondary N) is 1. The van der Waals surface area contributed by atoms with Crippen LogP contribution in [-0.2, 0) is 6.42 Å². The number of hydrogen-bond donors (Lipinski definition) is 1. The van der Waals surface area contributed by atoms with Crippen molar-refractivity contribution in [2.75, 3.05) is 13.1 Å². The van der Waals surface area contributed by atoms with Crippen molar-refractivity contribution in [2.45, 2.75) is 19.3 Å². The quantitative estimate of drug-likeness (QED) is 0.776. The molecule has 0 amide bonds. The van der Waals surface area contributed by atoms with Crippen LogP contribution in [0.1, 0.15) is 18.4 Å². The second kappa shape index (κ2) is 4.51. The molecule has 2 rings (SSSR count). The van der Waals surface area contributed by atoms with E-state index < -0.39 is 0 Å². The van der Waals surface area contributed by atoms with Crippen molar-refractivity contribution in [3.05, 3.63) is 29.8 Å². The lowest BCUT2D eigenvalue weighted by molar-refractivity contribution is 0.375. The number of hydrogen-bond acceptors (Lipinski definition) is 2. The Balaban J connectivity index is 1.95. The van der Waals surface area contributed by atoms with E-state index in [0.29, 0.717) is 5.92 Å². The van der Waals surface area contributed by atoms with Crippen LogP contribution in [0.3, 0.4) is 0 Å². The topological polar surface area (TPSA) is 24.9 Å². The summed E-state index contributed by atoms with van der Waals surface area (Å²) in [6.07, 6.45) is 6.43. The van der Waals surface area contributed by atoms with Crippen LogP contribution in [0.4, 0.5) is 4.39 Å². The van der Waals surface area contributed by atoms with Crippen LogP contribution in [0.5, 0.6) is 0 Å². The van der Waals surface area contributed by atoms with Gasteiger partial charge >= 0.3 is 0 Å². The Bertz CT molecular complexity index is 295. The van der Waals surface area contributed by atoms with Gasteiger partial charge in [-0.15, -0.1) is 0 Å². The second-order valence-electron chi connectivity index (χ2n) is 3.93. The first-order valence-corrected chi connectivity index (χ1v) is 5.15. The molecule has 1 unspecified atom stereocenters. The predicted molar refractivity (Wildman–Crippen MR) is 53.5 cm³/mol. The fraction of sp³-hybridized carbons (Fsp3) is 0.545. The molecule has 1 saturated heterocycles. The molecule has 2 heterocycles. The average Bonchev–Trinajstić information content (AvgIpc) is 2.19. The minimum absolute atomic E-state index is 0.230. The minimum Gasteiger partial charge on any atom is -0.316 e. The lowest BCUT2D eigenvalue weighted by Crippen LogP contribution is -2.30. The highest BCUT2D eigenvalue weighted by molar-refractivity contribution is 5.11. The number of pyridine rings is 1. The number of nitrogens with zero attached hydrogens (tertiary/aromatic N) is 1. The van der Waals surface area contributed by atoms with E-state index in [9.17, 15) is 4.39 Å². The van der Waals surface area contributed by atoms with Gasteiger partial charge in [0.2, 0.25) is 0 Å². The molecule has 3 heteroatoms. The van der Waals surface area contributed by atoms with Crippen molar-refractivity contribution in [3.63, 3.8) is 0 Å². The molecule has 1 aromatic heterocycles. The van der Waals surface area contributed by atoms with Crippen molar-refractivity contribution in [1.82, 2.24) is 10.3 Å². The summed E-state index contributed by atoms with van der Waals surface area (Å²) >= 11 is 0. The fourth-order valence-electron chi connectivity index (χ4n) is 2.00. The standard InChI is InChI=1S/C11H15FN2/c12-11-5-10(7-14-8-11)4-9-2-1-3-13-6-9/h5,7-9,13H,1-4,6H2. The molecule has 1 N–H and O–H groups in total. The molecule has 0 aromatic carbocycles. The van der Waals surface area contributed by atoms with Crippen LogP contribution in [0, 0.1) is 11.7 Å². The predicted octanol–water partition coefficient (Wildman–Crippen LogP) is 1.76. The fourth-order valence-corrected chi connectivity index (χ4v) is 2.00. The van der Waals surface area contributed by atoms with E-state index in [-0.39, 0.29) is 5.82 Å². The summed E-state index contributed by atoms with van der Waals surface area (Å²) in [6, 6.07) is 1.58. The van der Waals surface area contributed by atoms with Crippen LogP contribution in [0.15, 0.2) is 18.5 Å². The molecule has 1 aliphatic heterocycles. The second-order valence-corrected chi connectivity index (χ2v) is 3.93. The Morgan fingerprint density at radius 3 is 3.14 bits per heavy atom. The lowest BCUT2D eigenvalue weighted by Gasteiger charge is -2.22. The Morgan fingerprint density at radius 2 is 2.43 bits per heavy atom. The van der Waals surface area contributed by atoms with E-state index in [0.717, 1.165) is 25.1 Å². The number of halogens is 1. The lowest BCUT2D eigenvalue weighted by atomic mass is 9.93. The van der Waals surface area contributed by atoms with Gasteiger partial charge in [0.1, 0.15) is 5.82 Å². The summed E-state index contributed by atoms with van der Waals surface area (Å²) < 4.78 is 12.8. The average molecular weight is 194 g/mol. The summed E-state index contributed by atoms with van der Waals surface area (Å²) in [5, 5.41) is 3.36. The molecule has 1 aliphatic rings. The van der Waals surface area contributed by atoms with Gasteiger partial charge in [0.25, 0.3) is 0 Å². The third-order valence-electron chi connectivity index (χ3n) is 2.68. The van der Waals surface area contributed by atoms with Gasteiger partial charge in [-0.25, -0.2) is 4.39 Å². The first-order chi connectivity index (χ1) is 6.84. The molecule has 0 saturated carbocycles. The van der Waals surface area contributed by atoms with Crippen molar-refractivity contribution >= 4 is 0 Å². The molecular weight excluding hydrogens is 179 g/mol. The Hall–Kier alpha value is -0.960. The van der Waals surface area contributed by atoms with E-state index in [4.69, 9.17) is 0 Å². The van der Waals surface area contributed by atoms with Crippen LogP contribution in [-0.4, -0.2) is 18.1 Å². The van der Waals surface area contributed by atoms with Crippen molar-refractivity contribution in [2.24, 2.45) is 5.92 Å². The van der Waals surface area contributed by atoms with Gasteiger partial charge in [0.15, 0.2) is 0 Å². The van der Waals surface area contributed by atoms with E-state index in [1.807, 2.05) is 0 Å². The van der Waals surface area contributed by atoms with Gasteiger partial charge in [-0.3, -0.25) is 4.98 Å². The van der Waals surface area contributed by atoms with Crippen molar-refractivity contribution in [3.8, 4) is 0 Å². The molecule has 0 bridgehead atoms. The maximum absolute atomic E-state index is 12.8. The third kappa shape index (κ3) is 2.51. The summed E-state index contributed by atoms with van der Waals surface area (Å²) in [5.74, 6) is 0.415. The summed E-state index contributed by atoms with van der Waals surface area (Å²) in [5.41, 5.74) is 1.01. The highest BCUT2D eigenvalue weighted by Crippen LogP contribution is 2.16. The van der Waals surface area contributed by atoms with Crippen LogP contribution in [0.25, 0.3) is 0 Å². The molecule has 1 atom stereocenters. The van der Waals surface area contributed by atoms with Gasteiger partial charge in [-0.1, -0.05) is 0 Å². The zero-order chi connectivity index (χ0) is 9.80. The molecule has 1 aromatic rings. The first kappa shape index (κ1) is 9.59. The van der Waals surface area contributed by atoms with Gasteiger partial charge in [-0.05, 0) is 49.9 Å². The Morgan fingerprint density at radius 1 is 1.50 bits per heavy atom. The third-order valence-corrected chi connectivity index (χ3v) is 2.68. The molecule has 1 fully saturated rings. The Labute approximate surface area is 83.6 Å². The molecule has 0 aliphatic carbocycles. The summed E-state index contributed by atoms with van der Waals surface area (Å²) in [4.78, 5) is 3.85. The van der Waals surface area contributed by atoms with E-state index in [1.165, 1.54) is 19.0 Å². The molecular formula is C11H15FN2. The highest BCUT2D eigenvalue weighted by atomic mass is 19.1. The van der Waals surface area contributed by atoms with Gasteiger partial charge < -0.3 is 5.32 Å². The number of piperidine rings is 1. The minimum atomic E-state index is -0.230. The molecule has 0 spiro atoms. The smallest absolute Gasteiger partial charge is 0.141 e. The van der Waals surface area contributed by atoms with Crippen molar-refractivity contribution < 1.29 is 4.39 Å². The van der Waals surface area contributed by atoms with E-state index >= 15 is 0 Å². The van der Waals surface area contributed by atoms with Gasteiger partial charge in [0, 0.05) is 6.20 Å². The monoisotopic (exact) mass is 194 g/mol. The Kier molecular flexibility index (Phi) is 3.09. The van der Waals surface area contributed by atoms with Crippen molar-refractivity contribution in [1.29, 1.82) is 0 Å². The van der Waals surface area contributed by atoms with Crippen LogP contribution < -0.4 is 5.32 Å². The van der Waals surface area contributed by atoms with Gasteiger partial charge in [-0.2, -0.15) is 0 Å². The zero-order valence-electron chi connectivity index (χ0n) is 8.17. The largest absolute Gasteiger partial charge is 0.316 e.